The predicted octanol–water partition coefficient (Wildman–Crippen LogP) is 1.82. The van der Waals surface area contributed by atoms with E-state index in [2.05, 4.69) is 16.5 Å². The molecule has 1 radical (unpaired) electrons. The molecular formula is C9H12N2UVW-2. The van der Waals surface area contributed by atoms with Crippen LogP contribution in [0.1, 0.15) is 25.0 Å². The Kier molecular flexibility index (Phi) is 10.9. The van der Waals surface area contributed by atoms with Crippen LogP contribution in [0.2, 0.25) is 0 Å². The van der Waals surface area contributed by atoms with Gasteiger partial charge in [-0.25, -0.2) is 12.3 Å². The molecule has 0 N–H and O–H groups in total. The van der Waals surface area contributed by atoms with Crippen LogP contribution in [-0.4, -0.2) is 9.55 Å². The molecule has 0 atom stereocenters. The molecule has 0 saturated heterocycles. The molecule has 14 heavy (non-hydrogen) atoms. The Morgan fingerprint density at radius 1 is 1.57 bits per heavy atom. The quantitative estimate of drug-likeness (QED) is 0.439. The Balaban J connectivity index is 0. The van der Waals surface area contributed by atoms with Gasteiger partial charge in [-0.05, 0) is 6.42 Å². The average molecular weight is 621 g/mol. The molecule has 0 spiro atoms. The van der Waals surface area contributed by atoms with Gasteiger partial charge in [0.15, 0.2) is 0 Å². The standard InChI is InChI=1S/C9H12N2.U.V.W/c1-2-8-4-3-5-11-7-10-6-9(8)11;;;/h6-7H,1-5H2;;;/q-2;;;. The average Bonchev–Trinajstić information content (AvgIpc) is 2.50. The zero-order chi connectivity index (χ0) is 7.68. The molecule has 0 aromatic carbocycles. The van der Waals surface area contributed by atoms with Crippen molar-refractivity contribution in [2.75, 3.05) is 0 Å². The Hall–Kier alpha value is 1.40. The van der Waals surface area contributed by atoms with Crippen molar-refractivity contribution in [1.29, 1.82) is 0 Å². The van der Waals surface area contributed by atoms with E-state index in [-0.39, 0.29) is 70.7 Å². The van der Waals surface area contributed by atoms with Crippen LogP contribution in [0.3, 0.4) is 0 Å². The van der Waals surface area contributed by atoms with Gasteiger partial charge in [0.05, 0.1) is 6.33 Å². The number of aromatic nitrogens is 2. The van der Waals surface area contributed by atoms with E-state index in [1.165, 1.54) is 24.5 Å². The Labute approximate surface area is 136 Å². The summed E-state index contributed by atoms with van der Waals surface area (Å²) in [5.74, 6) is 1.45. The summed E-state index contributed by atoms with van der Waals surface area (Å²) in [6, 6.07) is 0. The molecule has 2 nitrogen and oxygen atoms in total. The molecule has 1 aromatic heterocycles. The molecule has 5 heteroatoms. The topological polar surface area (TPSA) is 17.8 Å². The van der Waals surface area contributed by atoms with Crippen LogP contribution in [-0.2, 0) is 46.2 Å². The Morgan fingerprint density at radius 2 is 2.29 bits per heavy atom. The Bertz CT molecular complexity index is 255. The number of hydrogen-bond acceptors (Lipinski definition) is 1. The van der Waals surface area contributed by atoms with Crippen molar-refractivity contribution in [3.63, 3.8) is 0 Å². The fourth-order valence-electron chi connectivity index (χ4n) is 1.64. The van der Waals surface area contributed by atoms with E-state index in [0.29, 0.717) is 0 Å². The summed E-state index contributed by atoms with van der Waals surface area (Å²) in [6.45, 7) is 5.03. The minimum atomic E-state index is 0. The van der Waals surface area contributed by atoms with Crippen molar-refractivity contribution in [3.05, 3.63) is 31.1 Å². The van der Waals surface area contributed by atoms with Crippen molar-refractivity contribution < 1.29 is 70.7 Å². The molecule has 0 aliphatic carbocycles. The van der Waals surface area contributed by atoms with E-state index in [0.717, 1.165) is 13.0 Å². The third-order valence-corrected chi connectivity index (χ3v) is 2.25. The zero-order valence-corrected chi connectivity index (χ0v) is 16.4. The van der Waals surface area contributed by atoms with Crippen LogP contribution in [0.4, 0.5) is 0 Å². The van der Waals surface area contributed by atoms with E-state index in [1.807, 2.05) is 12.5 Å². The summed E-state index contributed by atoms with van der Waals surface area (Å²) in [7, 11) is 0. The molecule has 75 valence electrons. The van der Waals surface area contributed by atoms with Crippen LogP contribution in [0, 0.1) is 44.0 Å². The minimum absolute atomic E-state index is 0. The fourth-order valence-corrected chi connectivity index (χ4v) is 1.64. The monoisotopic (exact) mass is 621 g/mol. The minimum Gasteiger partial charge on any atom is -0.367 e. The van der Waals surface area contributed by atoms with E-state index in [9.17, 15) is 0 Å². The number of nitrogens with zero attached hydrogens (tertiary/aromatic N) is 2. The van der Waals surface area contributed by atoms with Gasteiger partial charge in [0.25, 0.3) is 0 Å². The summed E-state index contributed by atoms with van der Waals surface area (Å²) in [4.78, 5) is 4.12. The second kappa shape index (κ2) is 8.54. The fraction of sp³-hybridized carbons (Fsp3) is 0.444. The van der Waals surface area contributed by atoms with Gasteiger partial charge in [-0.1, -0.05) is 12.6 Å². The van der Waals surface area contributed by atoms with E-state index in [1.54, 1.807) is 0 Å². The Morgan fingerprint density at radius 3 is 2.93 bits per heavy atom. The number of fused-ring (bicyclic) bond motifs is 1. The van der Waals surface area contributed by atoms with Gasteiger partial charge < -0.3 is 16.5 Å². The van der Waals surface area contributed by atoms with Gasteiger partial charge in [0.2, 0.25) is 0 Å². The van der Waals surface area contributed by atoms with E-state index in [4.69, 9.17) is 0 Å². The zero-order valence-electron chi connectivity index (χ0n) is 7.94. The largest absolute Gasteiger partial charge is 0.367 e. The SMILES string of the molecule is [CH2-]C[C-]1CCCn2cncc21.[U].[V].[W]. The second-order valence-electron chi connectivity index (χ2n) is 2.93. The van der Waals surface area contributed by atoms with Gasteiger partial charge in [-0.15, -0.1) is 5.69 Å². The maximum absolute atomic E-state index is 4.12. The number of hydrogen-bond donors (Lipinski definition) is 0. The molecule has 0 amide bonds. The summed E-state index contributed by atoms with van der Waals surface area (Å²) in [6.07, 6.45) is 7.22. The van der Waals surface area contributed by atoms with Crippen molar-refractivity contribution in [2.45, 2.75) is 25.8 Å². The van der Waals surface area contributed by atoms with Crippen LogP contribution >= 0.6 is 0 Å². The molecule has 2 rings (SSSR count). The van der Waals surface area contributed by atoms with Gasteiger partial charge in [-0.3, -0.25) is 0 Å². The molecule has 0 unspecified atom stereocenters. The van der Waals surface area contributed by atoms with Gasteiger partial charge in [-0.2, -0.15) is 0 Å². The third kappa shape index (κ3) is 3.77. The van der Waals surface area contributed by atoms with Crippen molar-refractivity contribution in [3.8, 4) is 0 Å². The molecule has 1 aliphatic heterocycles. The van der Waals surface area contributed by atoms with Crippen LogP contribution in [0.25, 0.3) is 0 Å². The van der Waals surface area contributed by atoms with Gasteiger partial charge >= 0.3 is 0 Å². The third-order valence-electron chi connectivity index (χ3n) is 2.25. The maximum atomic E-state index is 4.12. The normalized spacial score (nSPS) is 13.1. The first-order valence-electron chi connectivity index (χ1n) is 4.06. The van der Waals surface area contributed by atoms with Crippen LogP contribution in [0.5, 0.6) is 0 Å². The molecule has 1 aromatic rings. The molecular weight excluding hydrogens is 609 g/mol. The van der Waals surface area contributed by atoms with Gasteiger partial charge in [0.1, 0.15) is 0 Å². The summed E-state index contributed by atoms with van der Waals surface area (Å²) >= 11 is 0. The molecule has 0 fully saturated rings. The molecule has 0 bridgehead atoms. The van der Waals surface area contributed by atoms with Gasteiger partial charge in [0, 0.05) is 77.3 Å². The first-order chi connectivity index (χ1) is 5.42. The second-order valence-corrected chi connectivity index (χ2v) is 2.93. The summed E-state index contributed by atoms with van der Waals surface area (Å²) in [5.41, 5.74) is 1.30. The van der Waals surface area contributed by atoms with E-state index >= 15 is 0 Å². The number of imidazole rings is 1. The van der Waals surface area contributed by atoms with E-state index < -0.39 is 0 Å². The first-order valence-corrected chi connectivity index (χ1v) is 4.06. The number of rotatable bonds is 1. The predicted molar refractivity (Wildman–Crippen MR) is 43.8 cm³/mol. The smallest absolute Gasteiger partial charge is 0.0726 e. The maximum Gasteiger partial charge on any atom is 0.0726 e. The molecule has 2 heterocycles. The molecule has 1 aliphatic rings. The summed E-state index contributed by atoms with van der Waals surface area (Å²) in [5, 5.41) is 0. The van der Waals surface area contributed by atoms with Crippen molar-refractivity contribution >= 4 is 0 Å². The first kappa shape index (κ1) is 17.8. The molecule has 0 saturated carbocycles. The van der Waals surface area contributed by atoms with Crippen molar-refractivity contribution in [1.82, 2.24) is 9.55 Å². The van der Waals surface area contributed by atoms with Crippen LogP contribution < -0.4 is 0 Å². The van der Waals surface area contributed by atoms with Crippen molar-refractivity contribution in [2.24, 2.45) is 0 Å². The number of aryl methyl sites for hydroxylation is 1. The summed E-state index contributed by atoms with van der Waals surface area (Å²) < 4.78 is 2.21. The van der Waals surface area contributed by atoms with Crippen LogP contribution in [0.15, 0.2) is 12.5 Å².